The first-order chi connectivity index (χ1) is 17.1. The molecule has 1 amide bonds. The largest absolute Gasteiger partial charge is 0.497 e. The van der Waals surface area contributed by atoms with E-state index < -0.39 is 0 Å². The van der Waals surface area contributed by atoms with Crippen LogP contribution >= 0.6 is 0 Å². The van der Waals surface area contributed by atoms with Crippen molar-refractivity contribution in [3.63, 3.8) is 0 Å². The summed E-state index contributed by atoms with van der Waals surface area (Å²) in [5.74, 6) is 1.03. The fourth-order valence-corrected chi connectivity index (χ4v) is 3.81. The highest BCUT2D eigenvalue weighted by atomic mass is 16.5. The maximum absolute atomic E-state index is 13.2. The Bertz CT molecular complexity index is 1520. The molecule has 2 heterocycles. The van der Waals surface area contributed by atoms with Gasteiger partial charge in [0.15, 0.2) is 0 Å². The Hall–Kier alpha value is -4.79. The lowest BCUT2D eigenvalue weighted by atomic mass is 10.1. The number of hydrogen-bond acceptors (Lipinski definition) is 6. The van der Waals surface area contributed by atoms with Gasteiger partial charge in [0.1, 0.15) is 5.75 Å². The summed E-state index contributed by atoms with van der Waals surface area (Å²) in [4.78, 5) is 25.9. The van der Waals surface area contributed by atoms with Crippen LogP contribution in [-0.2, 0) is 13.1 Å². The third-order valence-electron chi connectivity index (χ3n) is 5.76. The van der Waals surface area contributed by atoms with Crippen LogP contribution in [0.4, 0.5) is 0 Å². The van der Waals surface area contributed by atoms with Gasteiger partial charge in [-0.2, -0.15) is 5.21 Å². The normalized spacial score (nSPS) is 10.9. The van der Waals surface area contributed by atoms with Crippen molar-refractivity contribution in [2.75, 3.05) is 7.11 Å². The van der Waals surface area contributed by atoms with Gasteiger partial charge in [0.25, 0.3) is 11.5 Å². The molecule has 9 nitrogen and oxygen atoms in total. The molecule has 2 aromatic heterocycles. The Kier molecular flexibility index (Phi) is 6.04. The lowest BCUT2D eigenvalue weighted by Crippen LogP contribution is -2.24. The lowest BCUT2D eigenvalue weighted by molar-refractivity contribution is 0.0951. The molecule has 0 aliphatic heterocycles. The number of benzene rings is 3. The number of carbonyl (C=O) groups is 1. The first-order valence-electron chi connectivity index (χ1n) is 11.0. The topological polar surface area (TPSA) is 115 Å². The number of ether oxygens (including phenoxy) is 1. The van der Waals surface area contributed by atoms with Crippen LogP contribution in [0.2, 0.25) is 0 Å². The predicted molar refractivity (Wildman–Crippen MR) is 131 cm³/mol. The molecular weight excluding hydrogens is 444 g/mol. The summed E-state index contributed by atoms with van der Waals surface area (Å²) < 4.78 is 6.79. The molecule has 174 valence electrons. The highest BCUT2D eigenvalue weighted by molar-refractivity contribution is 5.98. The summed E-state index contributed by atoms with van der Waals surface area (Å²) in [6, 6.07) is 22.2. The van der Waals surface area contributed by atoms with Crippen LogP contribution in [0.15, 0.2) is 83.8 Å². The zero-order valence-corrected chi connectivity index (χ0v) is 18.9. The number of carbonyl (C=O) groups excluding carboxylic acids is 1. The number of nitrogens with one attached hydrogen (secondary N) is 2. The highest BCUT2D eigenvalue weighted by Crippen LogP contribution is 2.16. The first kappa shape index (κ1) is 22.0. The van der Waals surface area contributed by atoms with Crippen LogP contribution in [0.3, 0.4) is 0 Å². The number of pyridine rings is 1. The first-order valence-corrected chi connectivity index (χ1v) is 11.0. The van der Waals surface area contributed by atoms with E-state index in [0.29, 0.717) is 29.9 Å². The van der Waals surface area contributed by atoms with Crippen LogP contribution in [-0.4, -0.2) is 38.2 Å². The maximum atomic E-state index is 13.2. The van der Waals surface area contributed by atoms with Crippen molar-refractivity contribution < 1.29 is 9.53 Å². The molecule has 0 radical (unpaired) electrons. The second kappa shape index (κ2) is 9.60. The van der Waals surface area contributed by atoms with E-state index in [1.165, 1.54) is 0 Å². The van der Waals surface area contributed by atoms with Gasteiger partial charge in [-0.15, -0.1) is 10.2 Å². The number of fused-ring (bicyclic) bond motifs is 1. The monoisotopic (exact) mass is 466 g/mol. The molecule has 0 saturated carbocycles. The van der Waals surface area contributed by atoms with Gasteiger partial charge in [-0.25, -0.2) is 0 Å². The van der Waals surface area contributed by atoms with E-state index in [4.69, 9.17) is 4.74 Å². The molecule has 0 fully saturated rings. The van der Waals surface area contributed by atoms with E-state index in [9.17, 15) is 9.59 Å². The molecule has 3 aromatic carbocycles. The zero-order valence-electron chi connectivity index (χ0n) is 18.9. The summed E-state index contributed by atoms with van der Waals surface area (Å²) in [6.07, 6.45) is 1.77. The number of tetrazole rings is 1. The summed E-state index contributed by atoms with van der Waals surface area (Å²) >= 11 is 0. The number of H-pyrrole nitrogens is 1. The third-order valence-corrected chi connectivity index (χ3v) is 5.76. The van der Waals surface area contributed by atoms with E-state index >= 15 is 0 Å². The maximum Gasteiger partial charge on any atom is 0.258 e. The highest BCUT2D eigenvalue weighted by Gasteiger charge is 2.10. The fourth-order valence-electron chi connectivity index (χ4n) is 3.81. The molecule has 35 heavy (non-hydrogen) atoms. The molecule has 0 spiro atoms. The van der Waals surface area contributed by atoms with Crippen molar-refractivity contribution in [1.29, 1.82) is 0 Å². The molecule has 9 heteroatoms. The molecule has 0 unspecified atom stereocenters. The minimum atomic E-state index is -0.241. The molecular formula is C26H22N6O3. The molecule has 5 rings (SSSR count). The van der Waals surface area contributed by atoms with Crippen LogP contribution in [0.1, 0.15) is 21.5 Å². The number of methoxy groups -OCH3 is 1. The average molecular weight is 467 g/mol. The van der Waals surface area contributed by atoms with E-state index in [1.807, 2.05) is 54.6 Å². The van der Waals surface area contributed by atoms with E-state index in [2.05, 4.69) is 25.9 Å². The van der Waals surface area contributed by atoms with Gasteiger partial charge >= 0.3 is 0 Å². The van der Waals surface area contributed by atoms with E-state index in [0.717, 1.165) is 27.8 Å². The number of aromatic amines is 1. The number of amides is 1. The van der Waals surface area contributed by atoms with Crippen molar-refractivity contribution in [3.8, 4) is 17.1 Å². The van der Waals surface area contributed by atoms with Crippen molar-refractivity contribution in [2.45, 2.75) is 13.1 Å². The second-order valence-electron chi connectivity index (χ2n) is 8.01. The average Bonchev–Trinajstić information content (AvgIpc) is 3.45. The molecule has 0 saturated heterocycles. The van der Waals surface area contributed by atoms with Crippen LogP contribution in [0.25, 0.3) is 22.2 Å². The van der Waals surface area contributed by atoms with Gasteiger partial charge < -0.3 is 14.6 Å². The lowest BCUT2D eigenvalue weighted by Gasteiger charge is -2.10. The zero-order chi connectivity index (χ0) is 24.2. The molecule has 5 aromatic rings. The minimum absolute atomic E-state index is 0.158. The third kappa shape index (κ3) is 4.79. The quantitative estimate of drug-likeness (QED) is 0.381. The summed E-state index contributed by atoms with van der Waals surface area (Å²) in [5.41, 5.74) is 3.01. The number of rotatable bonds is 7. The molecule has 0 aliphatic carbocycles. The number of nitrogens with zero attached hydrogens (tertiary/aromatic N) is 4. The predicted octanol–water partition coefficient (Wildman–Crippen LogP) is 3.17. The smallest absolute Gasteiger partial charge is 0.258 e. The number of hydrogen-bond donors (Lipinski definition) is 2. The van der Waals surface area contributed by atoms with Crippen molar-refractivity contribution >= 4 is 16.7 Å². The standard InChI is InChI=1S/C26H22N6O3/c1-35-22-10-4-17(5-11-22)15-27-25(33)21-9-8-19-12-13-32(26(34)23(19)14-21)16-18-2-6-20(7-3-18)24-28-30-31-29-24/h2-14H,15-16H2,1H3,(H,27,33)(H,28,29,30,31). The Morgan fingerprint density at radius 2 is 1.77 bits per heavy atom. The van der Waals surface area contributed by atoms with Gasteiger partial charge in [-0.05, 0) is 52.1 Å². The van der Waals surface area contributed by atoms with Gasteiger partial charge in [-0.3, -0.25) is 9.59 Å². The van der Waals surface area contributed by atoms with E-state index in [1.54, 1.807) is 36.1 Å². The Morgan fingerprint density at radius 1 is 1.00 bits per heavy atom. The Morgan fingerprint density at radius 3 is 2.49 bits per heavy atom. The van der Waals surface area contributed by atoms with Crippen LogP contribution < -0.4 is 15.6 Å². The number of aromatic nitrogens is 5. The minimum Gasteiger partial charge on any atom is -0.497 e. The van der Waals surface area contributed by atoms with Gasteiger partial charge in [0, 0.05) is 29.3 Å². The van der Waals surface area contributed by atoms with Crippen molar-refractivity contribution in [1.82, 2.24) is 30.5 Å². The molecule has 0 bridgehead atoms. The summed E-state index contributed by atoms with van der Waals surface area (Å²) in [7, 11) is 1.61. The SMILES string of the molecule is COc1ccc(CNC(=O)c2ccc3ccn(Cc4ccc(-c5nn[nH]n5)cc4)c(=O)c3c2)cc1. The molecule has 0 atom stereocenters. The van der Waals surface area contributed by atoms with E-state index in [-0.39, 0.29) is 11.5 Å². The fraction of sp³-hybridized carbons (Fsp3) is 0.115. The Balaban J connectivity index is 1.33. The summed E-state index contributed by atoms with van der Waals surface area (Å²) in [6.45, 7) is 0.773. The van der Waals surface area contributed by atoms with Gasteiger partial charge in [0.05, 0.1) is 13.7 Å². The Labute approximate surface area is 200 Å². The molecule has 2 N–H and O–H groups in total. The van der Waals surface area contributed by atoms with Crippen LogP contribution in [0.5, 0.6) is 5.75 Å². The van der Waals surface area contributed by atoms with Gasteiger partial charge in [0.2, 0.25) is 5.82 Å². The summed E-state index contributed by atoms with van der Waals surface area (Å²) in [5, 5.41) is 18.1. The second-order valence-corrected chi connectivity index (χ2v) is 8.01. The van der Waals surface area contributed by atoms with Crippen molar-refractivity contribution in [3.05, 3.63) is 106 Å². The molecule has 0 aliphatic rings. The van der Waals surface area contributed by atoms with Gasteiger partial charge in [-0.1, -0.05) is 42.5 Å². The van der Waals surface area contributed by atoms with Crippen LogP contribution in [0, 0.1) is 0 Å². The van der Waals surface area contributed by atoms with Crippen molar-refractivity contribution in [2.24, 2.45) is 0 Å².